The largest absolute Gasteiger partial charge is 0.490 e. The van der Waals surface area contributed by atoms with Gasteiger partial charge in [-0.25, -0.2) is 0 Å². The van der Waals surface area contributed by atoms with Gasteiger partial charge in [-0.05, 0) is 42.0 Å². The summed E-state index contributed by atoms with van der Waals surface area (Å²) in [5.74, 6) is -0.627. The lowest BCUT2D eigenvalue weighted by Gasteiger charge is -2.13. The zero-order chi connectivity index (χ0) is 26.3. The molecule has 3 rings (SSSR count). The second kappa shape index (κ2) is 11.1. The Labute approximate surface area is 201 Å². The van der Waals surface area contributed by atoms with Gasteiger partial charge in [0, 0.05) is 11.1 Å². The third-order valence-electron chi connectivity index (χ3n) is 4.80. The van der Waals surface area contributed by atoms with Crippen LogP contribution in [-0.2, 0) is 28.4 Å². The first-order chi connectivity index (χ1) is 16.9. The van der Waals surface area contributed by atoms with Gasteiger partial charge in [0.2, 0.25) is 0 Å². The molecule has 0 heterocycles. The predicted octanol–water partition coefficient (Wildman–Crippen LogP) is 6.20. The van der Waals surface area contributed by atoms with Crippen molar-refractivity contribution in [1.82, 2.24) is 0 Å². The van der Waals surface area contributed by atoms with E-state index in [1.54, 1.807) is 18.2 Å². The minimum atomic E-state index is -4.63. The molecule has 190 valence electrons. The molecule has 0 amide bonds. The number of halogens is 6. The van der Waals surface area contributed by atoms with Crippen LogP contribution in [0, 0.1) is 0 Å². The van der Waals surface area contributed by atoms with Crippen LogP contribution in [-0.4, -0.2) is 30.0 Å². The lowest BCUT2D eigenvalue weighted by atomic mass is 9.99. The van der Waals surface area contributed by atoms with Crippen molar-refractivity contribution < 1.29 is 45.8 Å². The Morgan fingerprint density at radius 3 is 2.08 bits per heavy atom. The molecule has 0 bridgehead atoms. The molecule has 36 heavy (non-hydrogen) atoms. The molecule has 3 aromatic rings. The minimum Gasteiger partial charge on any atom is -0.490 e. The van der Waals surface area contributed by atoms with Crippen LogP contribution in [0.2, 0.25) is 0 Å². The molecule has 5 nitrogen and oxygen atoms in total. The van der Waals surface area contributed by atoms with Crippen LogP contribution in [0.4, 0.5) is 26.3 Å². The molecule has 0 aliphatic carbocycles. The lowest BCUT2D eigenvalue weighted by molar-refractivity contribution is -0.138. The van der Waals surface area contributed by atoms with Gasteiger partial charge in [-0.15, -0.1) is 0 Å². The Morgan fingerprint density at radius 1 is 0.778 bits per heavy atom. The van der Waals surface area contributed by atoms with Crippen LogP contribution in [0.3, 0.4) is 0 Å². The number of benzene rings is 3. The molecular weight excluding hydrogens is 492 g/mol. The Bertz CT molecular complexity index is 1220. The molecule has 0 fully saturated rings. The molecule has 0 unspecified atom stereocenters. The molecule has 1 N–H and O–H groups in total. The number of carboxylic acids is 1. The van der Waals surface area contributed by atoms with Crippen LogP contribution in [0.25, 0.3) is 0 Å². The normalized spacial score (nSPS) is 12.3. The molecule has 0 spiro atoms. The number of hydrogen-bond acceptors (Lipinski definition) is 4. The van der Waals surface area contributed by atoms with Crippen molar-refractivity contribution in [3.63, 3.8) is 0 Å². The van der Waals surface area contributed by atoms with E-state index in [-0.39, 0.29) is 36.5 Å². The van der Waals surface area contributed by atoms with E-state index in [4.69, 9.17) is 14.7 Å². The average molecular weight is 511 g/mol. The summed E-state index contributed by atoms with van der Waals surface area (Å²) in [6.45, 7) is -0.185. The number of hydrogen-bond donors (Lipinski definition) is 1. The molecule has 0 radical (unpaired) electrons. The van der Waals surface area contributed by atoms with Gasteiger partial charge in [0.1, 0.15) is 18.1 Å². The number of nitrogens with zero attached hydrogens (tertiary/aromatic N) is 1. The van der Waals surface area contributed by atoms with Crippen LogP contribution in [0.15, 0.2) is 78.0 Å². The summed E-state index contributed by atoms with van der Waals surface area (Å²) in [6.07, 6.45) is -9.40. The maximum absolute atomic E-state index is 13.2. The van der Waals surface area contributed by atoms with Crippen LogP contribution in [0.1, 0.15) is 27.8 Å². The number of carboxylic acid groups (broad SMARTS) is 1. The van der Waals surface area contributed by atoms with Crippen molar-refractivity contribution in [1.29, 1.82) is 0 Å². The van der Waals surface area contributed by atoms with Crippen LogP contribution >= 0.6 is 0 Å². The summed E-state index contributed by atoms with van der Waals surface area (Å²) < 4.78 is 83.8. The molecule has 0 saturated heterocycles. The van der Waals surface area contributed by atoms with Crippen molar-refractivity contribution in [3.05, 3.63) is 101 Å². The van der Waals surface area contributed by atoms with Crippen LogP contribution < -0.4 is 4.74 Å². The highest BCUT2D eigenvalue weighted by Crippen LogP contribution is 2.31. The van der Waals surface area contributed by atoms with Crippen molar-refractivity contribution in [2.24, 2.45) is 5.16 Å². The van der Waals surface area contributed by atoms with Gasteiger partial charge in [-0.1, -0.05) is 41.6 Å². The maximum Gasteiger partial charge on any atom is 0.416 e. The Hall–Kier alpha value is -4.02. The topological polar surface area (TPSA) is 68.1 Å². The molecule has 3 aromatic carbocycles. The van der Waals surface area contributed by atoms with Crippen molar-refractivity contribution in [2.45, 2.75) is 18.8 Å². The number of rotatable bonds is 9. The quantitative estimate of drug-likeness (QED) is 0.161. The second-order valence-corrected chi connectivity index (χ2v) is 7.49. The van der Waals surface area contributed by atoms with Gasteiger partial charge in [-0.2, -0.15) is 26.3 Å². The summed E-state index contributed by atoms with van der Waals surface area (Å²) in [5.41, 5.74) is -1.35. The summed E-state index contributed by atoms with van der Waals surface area (Å²) in [6, 6.07) is 14.3. The molecule has 0 atom stereocenters. The Balaban J connectivity index is 1.78. The first kappa shape index (κ1) is 26.6. The van der Waals surface area contributed by atoms with E-state index in [9.17, 15) is 31.1 Å². The second-order valence-electron chi connectivity index (χ2n) is 7.49. The fraction of sp³-hybridized carbons (Fsp3) is 0.200. The third kappa shape index (κ3) is 7.49. The summed E-state index contributed by atoms with van der Waals surface area (Å²) >= 11 is 0. The summed E-state index contributed by atoms with van der Waals surface area (Å²) in [4.78, 5) is 16.0. The molecule has 11 heteroatoms. The number of alkyl halides is 6. The van der Waals surface area contributed by atoms with Gasteiger partial charge < -0.3 is 14.7 Å². The SMILES string of the molecule is O=C(O)Cc1cccc(OCCON=C(c2ccc(C(F)(F)F)cc2)c2cccc(C(F)(F)F)c2)c1. The van der Waals surface area contributed by atoms with Gasteiger partial charge in [-0.3, -0.25) is 4.79 Å². The smallest absolute Gasteiger partial charge is 0.416 e. The van der Waals surface area contributed by atoms with E-state index < -0.39 is 29.4 Å². The fourth-order valence-electron chi connectivity index (χ4n) is 3.16. The van der Waals surface area contributed by atoms with E-state index in [0.717, 1.165) is 42.5 Å². The Kier molecular flexibility index (Phi) is 8.23. The molecule has 0 saturated carbocycles. The predicted molar refractivity (Wildman–Crippen MR) is 118 cm³/mol. The zero-order valence-electron chi connectivity index (χ0n) is 18.4. The maximum atomic E-state index is 13.2. The molecule has 0 aliphatic heterocycles. The highest BCUT2D eigenvalue weighted by Gasteiger charge is 2.32. The van der Waals surface area contributed by atoms with Gasteiger partial charge in [0.25, 0.3) is 0 Å². The van der Waals surface area contributed by atoms with E-state index in [2.05, 4.69) is 5.16 Å². The van der Waals surface area contributed by atoms with E-state index >= 15 is 0 Å². The standard InChI is InChI=1S/C25H19F6NO4/c26-24(27,28)19-9-7-17(8-10-19)23(18-4-2-5-20(15-18)25(29,30)31)32-36-12-11-35-21-6-1-3-16(13-21)14-22(33)34/h1-10,13,15H,11-12,14H2,(H,33,34). The highest BCUT2D eigenvalue weighted by molar-refractivity contribution is 6.12. The third-order valence-corrected chi connectivity index (χ3v) is 4.80. The van der Waals surface area contributed by atoms with Gasteiger partial charge >= 0.3 is 18.3 Å². The van der Waals surface area contributed by atoms with Crippen LogP contribution in [0.5, 0.6) is 5.75 Å². The minimum absolute atomic E-state index is 0.00752. The van der Waals surface area contributed by atoms with Crippen molar-refractivity contribution in [2.75, 3.05) is 13.2 Å². The molecular formula is C25H19F6NO4. The lowest BCUT2D eigenvalue weighted by Crippen LogP contribution is -2.11. The number of oxime groups is 1. The number of ether oxygens (including phenoxy) is 1. The molecule has 0 aromatic heterocycles. The van der Waals surface area contributed by atoms with Gasteiger partial charge in [0.05, 0.1) is 17.5 Å². The first-order valence-electron chi connectivity index (χ1n) is 10.4. The van der Waals surface area contributed by atoms with E-state index in [1.165, 1.54) is 12.1 Å². The summed E-state index contributed by atoms with van der Waals surface area (Å²) in [5, 5.41) is 12.7. The zero-order valence-corrected chi connectivity index (χ0v) is 18.4. The summed E-state index contributed by atoms with van der Waals surface area (Å²) in [7, 11) is 0. The molecule has 0 aliphatic rings. The Morgan fingerprint density at radius 2 is 1.44 bits per heavy atom. The van der Waals surface area contributed by atoms with Gasteiger partial charge in [0.15, 0.2) is 6.61 Å². The van der Waals surface area contributed by atoms with Crippen molar-refractivity contribution >= 4 is 11.7 Å². The van der Waals surface area contributed by atoms with E-state index in [0.29, 0.717) is 11.3 Å². The average Bonchev–Trinajstić information content (AvgIpc) is 2.80. The highest BCUT2D eigenvalue weighted by atomic mass is 19.4. The van der Waals surface area contributed by atoms with E-state index in [1.807, 2.05) is 0 Å². The monoisotopic (exact) mass is 511 g/mol. The van der Waals surface area contributed by atoms with Crippen molar-refractivity contribution in [3.8, 4) is 5.75 Å². The number of aliphatic carboxylic acids is 1. The fourth-order valence-corrected chi connectivity index (χ4v) is 3.16. The first-order valence-corrected chi connectivity index (χ1v) is 10.4. The number of carbonyl (C=O) groups is 1.